The van der Waals surface area contributed by atoms with E-state index in [1.807, 2.05) is 0 Å². The summed E-state index contributed by atoms with van der Waals surface area (Å²) in [5.41, 5.74) is 0.902. The third-order valence-electron chi connectivity index (χ3n) is 2.45. The quantitative estimate of drug-likeness (QED) is 0.784. The molecule has 1 aromatic rings. The lowest BCUT2D eigenvalue weighted by Gasteiger charge is -2.05. The van der Waals surface area contributed by atoms with E-state index in [-0.39, 0.29) is 18.9 Å². The van der Waals surface area contributed by atoms with Gasteiger partial charge in [-0.3, -0.25) is 4.79 Å². The summed E-state index contributed by atoms with van der Waals surface area (Å²) in [4.78, 5) is 11.8. The van der Waals surface area contributed by atoms with Crippen molar-refractivity contribution in [2.45, 2.75) is 6.42 Å². The van der Waals surface area contributed by atoms with Crippen LogP contribution in [0.2, 0.25) is 5.02 Å². The number of carbonyl (C=O) groups excluding carboxylic acids is 1. The molecule has 1 amide bonds. The second-order valence-electron chi connectivity index (χ2n) is 4.36. The van der Waals surface area contributed by atoms with Crippen molar-refractivity contribution in [2.75, 3.05) is 25.2 Å². The number of rotatable bonds is 5. The van der Waals surface area contributed by atoms with Crippen molar-refractivity contribution < 1.29 is 18.3 Å². The van der Waals surface area contributed by atoms with Crippen molar-refractivity contribution in [3.63, 3.8) is 0 Å². The van der Waals surface area contributed by atoms with E-state index in [9.17, 15) is 13.2 Å². The van der Waals surface area contributed by atoms with Crippen molar-refractivity contribution in [2.24, 2.45) is 0 Å². The van der Waals surface area contributed by atoms with Crippen LogP contribution in [0.15, 0.2) is 18.2 Å². The molecule has 1 aromatic carbocycles. The van der Waals surface area contributed by atoms with Crippen LogP contribution in [0.1, 0.15) is 22.3 Å². The van der Waals surface area contributed by atoms with Gasteiger partial charge >= 0.3 is 0 Å². The van der Waals surface area contributed by atoms with Gasteiger partial charge in [0.15, 0.2) is 0 Å². The first-order chi connectivity index (χ1) is 9.83. The second kappa shape index (κ2) is 8.03. The monoisotopic (exact) mass is 329 g/mol. The van der Waals surface area contributed by atoms with E-state index in [1.165, 1.54) is 6.07 Å². The fourth-order valence-electron chi connectivity index (χ4n) is 1.42. The molecule has 0 heterocycles. The molecular formula is C14H16ClNO4S. The van der Waals surface area contributed by atoms with E-state index in [0.29, 0.717) is 22.6 Å². The Morgan fingerprint density at radius 3 is 2.71 bits per heavy atom. The zero-order chi connectivity index (χ0) is 15.9. The lowest BCUT2D eigenvalue weighted by Crippen LogP contribution is -2.28. The molecule has 2 N–H and O–H groups in total. The number of halogens is 1. The van der Waals surface area contributed by atoms with Crippen LogP contribution in [0.3, 0.4) is 0 Å². The molecule has 0 unspecified atom stereocenters. The molecular weight excluding hydrogens is 314 g/mol. The van der Waals surface area contributed by atoms with Gasteiger partial charge < -0.3 is 10.4 Å². The highest BCUT2D eigenvalue weighted by atomic mass is 35.5. The Morgan fingerprint density at radius 2 is 2.14 bits per heavy atom. The first-order valence-electron chi connectivity index (χ1n) is 6.18. The maximum atomic E-state index is 11.8. The summed E-state index contributed by atoms with van der Waals surface area (Å²) < 4.78 is 21.9. The minimum atomic E-state index is -3.11. The van der Waals surface area contributed by atoms with Crippen LogP contribution in [-0.2, 0) is 9.84 Å². The highest BCUT2D eigenvalue weighted by Gasteiger charge is 2.09. The van der Waals surface area contributed by atoms with Gasteiger partial charge in [0.05, 0.1) is 17.4 Å². The molecule has 0 aromatic heterocycles. The lowest BCUT2D eigenvalue weighted by molar-refractivity contribution is 0.0956. The summed E-state index contributed by atoms with van der Waals surface area (Å²) in [5, 5.41) is 11.5. The third kappa shape index (κ3) is 6.63. The Bertz CT molecular complexity index is 674. The number of amides is 1. The minimum Gasteiger partial charge on any atom is -0.395 e. The highest BCUT2D eigenvalue weighted by Crippen LogP contribution is 2.17. The molecule has 114 valence electrons. The van der Waals surface area contributed by atoms with E-state index in [2.05, 4.69) is 17.2 Å². The predicted molar refractivity (Wildman–Crippen MR) is 82.1 cm³/mol. The first-order valence-corrected chi connectivity index (χ1v) is 8.62. The van der Waals surface area contributed by atoms with Crippen molar-refractivity contribution in [3.05, 3.63) is 34.3 Å². The van der Waals surface area contributed by atoms with Crippen molar-refractivity contribution >= 4 is 27.3 Å². The van der Waals surface area contributed by atoms with Gasteiger partial charge in [0.25, 0.3) is 5.91 Å². The number of nitrogens with one attached hydrogen (secondary N) is 1. The zero-order valence-electron chi connectivity index (χ0n) is 11.5. The largest absolute Gasteiger partial charge is 0.395 e. The van der Waals surface area contributed by atoms with E-state index < -0.39 is 15.7 Å². The van der Waals surface area contributed by atoms with E-state index in [4.69, 9.17) is 16.7 Å². The third-order valence-corrected chi connectivity index (χ3v) is 3.71. The topological polar surface area (TPSA) is 83.5 Å². The first kappa shape index (κ1) is 17.5. The molecule has 0 fully saturated rings. The molecule has 0 aliphatic carbocycles. The number of carbonyl (C=O) groups is 1. The Labute approximate surface area is 129 Å². The van der Waals surface area contributed by atoms with Crippen LogP contribution in [0.25, 0.3) is 0 Å². The summed E-state index contributed by atoms with van der Waals surface area (Å²) in [5.74, 6) is 5.02. The molecule has 21 heavy (non-hydrogen) atoms. The molecule has 1 rings (SSSR count). The van der Waals surface area contributed by atoms with Crippen LogP contribution < -0.4 is 5.32 Å². The Morgan fingerprint density at radius 1 is 1.43 bits per heavy atom. The number of sulfone groups is 1. The van der Waals surface area contributed by atoms with Crippen LogP contribution in [-0.4, -0.2) is 44.6 Å². The van der Waals surface area contributed by atoms with Crippen molar-refractivity contribution in [1.82, 2.24) is 5.32 Å². The van der Waals surface area contributed by atoms with Gasteiger partial charge in [0.2, 0.25) is 0 Å². The molecule has 0 bridgehead atoms. The van der Waals surface area contributed by atoms with Gasteiger partial charge in [0.1, 0.15) is 9.84 Å². The second-order valence-corrected chi connectivity index (χ2v) is 7.02. The number of hydrogen-bond acceptors (Lipinski definition) is 4. The van der Waals surface area contributed by atoms with Gasteiger partial charge in [-0.05, 0) is 18.2 Å². The van der Waals surface area contributed by atoms with Gasteiger partial charge in [-0.2, -0.15) is 0 Å². The summed E-state index contributed by atoms with van der Waals surface area (Å²) >= 11 is 6.02. The average Bonchev–Trinajstić information content (AvgIpc) is 2.39. The van der Waals surface area contributed by atoms with Crippen LogP contribution in [0, 0.1) is 11.8 Å². The summed E-state index contributed by atoms with van der Waals surface area (Å²) in [6, 6.07) is 4.64. The molecule has 0 spiro atoms. The number of hydrogen-bond donors (Lipinski definition) is 2. The SMILES string of the molecule is CS(=O)(=O)CCNC(=O)c1ccc(C#CCCO)c(Cl)c1. The Kier molecular flexibility index (Phi) is 6.69. The molecule has 0 saturated carbocycles. The highest BCUT2D eigenvalue weighted by molar-refractivity contribution is 7.90. The Balaban J connectivity index is 2.71. The summed E-state index contributed by atoms with van der Waals surface area (Å²) in [7, 11) is -3.11. The standard InChI is InChI=1S/C14H16ClNO4S/c1-21(19,20)9-7-16-14(18)12-6-5-11(13(15)10-12)4-2-3-8-17/h5-6,10,17H,3,7-9H2,1H3,(H,16,18). The molecule has 5 nitrogen and oxygen atoms in total. The van der Waals surface area contributed by atoms with E-state index in [0.717, 1.165) is 6.26 Å². The number of aliphatic hydroxyl groups excluding tert-OH is 1. The van der Waals surface area contributed by atoms with Crippen molar-refractivity contribution in [3.8, 4) is 11.8 Å². The molecule has 0 atom stereocenters. The van der Waals surface area contributed by atoms with Gasteiger partial charge in [0, 0.05) is 30.3 Å². The zero-order valence-corrected chi connectivity index (χ0v) is 13.1. The maximum absolute atomic E-state index is 11.8. The van der Waals surface area contributed by atoms with Gasteiger partial charge in [-0.1, -0.05) is 23.4 Å². The summed E-state index contributed by atoms with van der Waals surface area (Å²) in [6.07, 6.45) is 1.46. The molecule has 0 aliphatic rings. The predicted octanol–water partition coefficient (Wildman–Crippen LogP) is 0.848. The number of aliphatic hydroxyl groups is 1. The lowest BCUT2D eigenvalue weighted by atomic mass is 10.1. The van der Waals surface area contributed by atoms with Gasteiger partial charge in [-0.15, -0.1) is 0 Å². The molecule has 0 aliphatic heterocycles. The van der Waals surface area contributed by atoms with E-state index in [1.54, 1.807) is 12.1 Å². The molecule has 0 saturated heterocycles. The average molecular weight is 330 g/mol. The fraction of sp³-hybridized carbons (Fsp3) is 0.357. The minimum absolute atomic E-state index is 0.0224. The fourth-order valence-corrected chi connectivity index (χ4v) is 2.12. The van der Waals surface area contributed by atoms with Crippen LogP contribution in [0.5, 0.6) is 0 Å². The smallest absolute Gasteiger partial charge is 0.251 e. The maximum Gasteiger partial charge on any atom is 0.251 e. The van der Waals surface area contributed by atoms with Crippen LogP contribution >= 0.6 is 11.6 Å². The van der Waals surface area contributed by atoms with Gasteiger partial charge in [-0.25, -0.2) is 8.42 Å². The number of benzene rings is 1. The van der Waals surface area contributed by atoms with Crippen molar-refractivity contribution in [1.29, 1.82) is 0 Å². The van der Waals surface area contributed by atoms with Crippen LogP contribution in [0.4, 0.5) is 0 Å². The molecule has 0 radical (unpaired) electrons. The van der Waals surface area contributed by atoms with E-state index >= 15 is 0 Å². The summed E-state index contributed by atoms with van der Waals surface area (Å²) in [6.45, 7) is 0.0266. The molecule has 7 heteroatoms. The Hall–Kier alpha value is -1.55. The normalized spacial score (nSPS) is 10.6.